The summed E-state index contributed by atoms with van der Waals surface area (Å²) in [7, 11) is 1.62. The zero-order chi connectivity index (χ0) is 10.1. The largest absolute Gasteiger partial charge is 0.383 e. The van der Waals surface area contributed by atoms with Crippen molar-refractivity contribution in [3.05, 3.63) is 0 Å². The van der Waals surface area contributed by atoms with Crippen molar-refractivity contribution in [3.8, 4) is 0 Å². The maximum Gasteiger partial charge on any atom is 0.234 e. The molecule has 0 heterocycles. The summed E-state index contributed by atoms with van der Waals surface area (Å²) in [6, 6.07) is 0. The van der Waals surface area contributed by atoms with Gasteiger partial charge in [0.15, 0.2) is 0 Å². The highest BCUT2D eigenvalue weighted by Gasteiger charge is 2.05. The number of hydrogen-bond donors (Lipinski definition) is 1. The molecule has 0 unspecified atom stereocenters. The second kappa shape index (κ2) is 8.01. The van der Waals surface area contributed by atoms with Gasteiger partial charge in [0.05, 0.1) is 13.2 Å². The van der Waals surface area contributed by atoms with Crippen LogP contribution in [0.25, 0.3) is 0 Å². The van der Waals surface area contributed by atoms with Gasteiger partial charge in [-0.15, -0.1) is 0 Å². The molecule has 0 aliphatic heterocycles. The molecule has 0 radical (unpaired) electrons. The lowest BCUT2D eigenvalue weighted by Crippen LogP contribution is -2.38. The fourth-order valence-corrected chi connectivity index (χ4v) is 0.999. The Morgan fingerprint density at radius 2 is 2.00 bits per heavy atom. The Morgan fingerprint density at radius 3 is 2.46 bits per heavy atom. The van der Waals surface area contributed by atoms with Crippen LogP contribution in [0.4, 0.5) is 0 Å². The highest BCUT2D eigenvalue weighted by molar-refractivity contribution is 5.77. The minimum Gasteiger partial charge on any atom is -0.383 e. The number of amides is 1. The van der Waals surface area contributed by atoms with E-state index in [2.05, 4.69) is 10.2 Å². The minimum absolute atomic E-state index is 0.0701. The first-order chi connectivity index (χ1) is 6.24. The quantitative estimate of drug-likeness (QED) is 0.576. The molecular weight excluding hydrogens is 168 g/mol. The molecule has 0 aromatic carbocycles. The molecule has 78 valence electrons. The van der Waals surface area contributed by atoms with E-state index in [1.165, 1.54) is 0 Å². The van der Waals surface area contributed by atoms with Crippen LogP contribution in [-0.4, -0.2) is 50.7 Å². The second-order valence-corrected chi connectivity index (χ2v) is 2.80. The van der Waals surface area contributed by atoms with Gasteiger partial charge in [-0.25, -0.2) is 0 Å². The number of carbonyl (C=O) groups is 1. The maximum absolute atomic E-state index is 11.2. The lowest BCUT2D eigenvalue weighted by atomic mass is 10.4. The molecule has 0 aromatic heterocycles. The van der Waals surface area contributed by atoms with E-state index in [1.54, 1.807) is 7.11 Å². The van der Waals surface area contributed by atoms with Crippen molar-refractivity contribution < 1.29 is 9.53 Å². The average molecular weight is 188 g/mol. The SMILES string of the molecule is CCN(CC)CC(=O)NCCOC. The van der Waals surface area contributed by atoms with E-state index in [0.717, 1.165) is 13.1 Å². The summed E-state index contributed by atoms with van der Waals surface area (Å²) in [5, 5.41) is 2.78. The molecule has 0 spiro atoms. The summed E-state index contributed by atoms with van der Waals surface area (Å²) in [6.07, 6.45) is 0. The van der Waals surface area contributed by atoms with E-state index >= 15 is 0 Å². The summed E-state index contributed by atoms with van der Waals surface area (Å²) in [6.45, 7) is 7.57. The Balaban J connectivity index is 3.48. The number of rotatable bonds is 7. The van der Waals surface area contributed by atoms with Gasteiger partial charge < -0.3 is 10.1 Å². The van der Waals surface area contributed by atoms with Crippen LogP contribution in [0.3, 0.4) is 0 Å². The molecule has 0 aliphatic rings. The first-order valence-corrected chi connectivity index (χ1v) is 4.72. The minimum atomic E-state index is 0.0701. The van der Waals surface area contributed by atoms with Gasteiger partial charge in [0.1, 0.15) is 0 Å². The highest BCUT2D eigenvalue weighted by Crippen LogP contribution is 1.85. The molecule has 4 heteroatoms. The zero-order valence-electron chi connectivity index (χ0n) is 8.80. The number of nitrogens with zero attached hydrogens (tertiary/aromatic N) is 1. The van der Waals surface area contributed by atoms with Crippen LogP contribution in [0.2, 0.25) is 0 Å². The van der Waals surface area contributed by atoms with E-state index in [-0.39, 0.29) is 5.91 Å². The second-order valence-electron chi connectivity index (χ2n) is 2.80. The number of methoxy groups -OCH3 is 1. The molecule has 0 atom stereocenters. The van der Waals surface area contributed by atoms with E-state index in [0.29, 0.717) is 19.7 Å². The zero-order valence-corrected chi connectivity index (χ0v) is 8.80. The van der Waals surface area contributed by atoms with Crippen LogP contribution >= 0.6 is 0 Å². The molecule has 0 fully saturated rings. The lowest BCUT2D eigenvalue weighted by molar-refractivity contribution is -0.122. The monoisotopic (exact) mass is 188 g/mol. The van der Waals surface area contributed by atoms with Gasteiger partial charge in [0.2, 0.25) is 5.91 Å². The van der Waals surface area contributed by atoms with Crippen molar-refractivity contribution in [2.24, 2.45) is 0 Å². The molecule has 0 aliphatic carbocycles. The Bertz CT molecular complexity index is 136. The Labute approximate surface area is 80.2 Å². The third-order valence-electron chi connectivity index (χ3n) is 1.89. The van der Waals surface area contributed by atoms with E-state index < -0.39 is 0 Å². The fourth-order valence-electron chi connectivity index (χ4n) is 0.999. The number of ether oxygens (including phenoxy) is 1. The molecule has 4 nitrogen and oxygen atoms in total. The van der Waals surface area contributed by atoms with Crippen LogP contribution in [0.5, 0.6) is 0 Å². The van der Waals surface area contributed by atoms with Crippen molar-refractivity contribution in [1.29, 1.82) is 0 Å². The molecule has 0 saturated carbocycles. The smallest absolute Gasteiger partial charge is 0.234 e. The van der Waals surface area contributed by atoms with Crippen LogP contribution in [0.1, 0.15) is 13.8 Å². The van der Waals surface area contributed by atoms with Crippen LogP contribution in [-0.2, 0) is 9.53 Å². The molecule has 1 amide bonds. The Morgan fingerprint density at radius 1 is 1.38 bits per heavy atom. The topological polar surface area (TPSA) is 41.6 Å². The molecule has 0 bridgehead atoms. The molecule has 1 N–H and O–H groups in total. The van der Waals surface area contributed by atoms with Gasteiger partial charge in [-0.2, -0.15) is 0 Å². The summed E-state index contributed by atoms with van der Waals surface area (Å²) in [4.78, 5) is 13.3. The number of hydrogen-bond acceptors (Lipinski definition) is 3. The van der Waals surface area contributed by atoms with Crippen LogP contribution < -0.4 is 5.32 Å². The normalized spacial score (nSPS) is 10.5. The standard InChI is InChI=1S/C9H20N2O2/c1-4-11(5-2)8-9(12)10-6-7-13-3/h4-8H2,1-3H3,(H,10,12). The molecule has 0 saturated heterocycles. The summed E-state index contributed by atoms with van der Waals surface area (Å²) in [5.41, 5.74) is 0. The van der Waals surface area contributed by atoms with Crippen LogP contribution in [0.15, 0.2) is 0 Å². The summed E-state index contributed by atoms with van der Waals surface area (Å²) >= 11 is 0. The predicted octanol–water partition coefficient (Wildman–Crippen LogP) is 0.0908. The number of nitrogens with one attached hydrogen (secondary N) is 1. The third-order valence-corrected chi connectivity index (χ3v) is 1.89. The Kier molecular flexibility index (Phi) is 7.63. The van der Waals surface area contributed by atoms with Gasteiger partial charge in [0.25, 0.3) is 0 Å². The molecule has 0 rings (SSSR count). The van der Waals surface area contributed by atoms with E-state index in [1.807, 2.05) is 13.8 Å². The van der Waals surface area contributed by atoms with Crippen molar-refractivity contribution in [1.82, 2.24) is 10.2 Å². The predicted molar refractivity (Wildman–Crippen MR) is 52.7 cm³/mol. The Hall–Kier alpha value is -0.610. The fraction of sp³-hybridized carbons (Fsp3) is 0.889. The van der Waals surface area contributed by atoms with E-state index in [9.17, 15) is 4.79 Å². The highest BCUT2D eigenvalue weighted by atomic mass is 16.5. The van der Waals surface area contributed by atoms with Crippen molar-refractivity contribution in [3.63, 3.8) is 0 Å². The first kappa shape index (κ1) is 12.4. The van der Waals surface area contributed by atoms with Crippen molar-refractivity contribution in [2.45, 2.75) is 13.8 Å². The third kappa shape index (κ3) is 6.54. The van der Waals surface area contributed by atoms with Crippen molar-refractivity contribution >= 4 is 5.91 Å². The lowest BCUT2D eigenvalue weighted by Gasteiger charge is -2.16. The summed E-state index contributed by atoms with van der Waals surface area (Å²) in [5.74, 6) is 0.0701. The molecule has 13 heavy (non-hydrogen) atoms. The summed E-state index contributed by atoms with van der Waals surface area (Å²) < 4.78 is 4.82. The molecular formula is C9H20N2O2. The molecule has 0 aromatic rings. The van der Waals surface area contributed by atoms with E-state index in [4.69, 9.17) is 4.74 Å². The van der Waals surface area contributed by atoms with Gasteiger partial charge in [-0.05, 0) is 13.1 Å². The maximum atomic E-state index is 11.2. The van der Waals surface area contributed by atoms with Gasteiger partial charge >= 0.3 is 0 Å². The first-order valence-electron chi connectivity index (χ1n) is 4.72. The number of likely N-dealkylation sites (N-methyl/N-ethyl adjacent to an activating group) is 1. The van der Waals surface area contributed by atoms with Gasteiger partial charge in [-0.3, -0.25) is 9.69 Å². The number of carbonyl (C=O) groups excluding carboxylic acids is 1. The van der Waals surface area contributed by atoms with Gasteiger partial charge in [0, 0.05) is 13.7 Å². The average Bonchev–Trinajstić information content (AvgIpc) is 2.14. The van der Waals surface area contributed by atoms with Crippen molar-refractivity contribution in [2.75, 3.05) is 39.9 Å². The van der Waals surface area contributed by atoms with Crippen LogP contribution in [0, 0.1) is 0 Å². The van der Waals surface area contributed by atoms with Gasteiger partial charge in [-0.1, -0.05) is 13.8 Å².